The molecule has 0 bridgehead atoms. The fourth-order valence-electron chi connectivity index (χ4n) is 11.7. The number of amides is 13. The molecule has 4 rings (SSSR count). The molecule has 16 atom stereocenters. The highest BCUT2D eigenvalue weighted by Crippen LogP contribution is 2.23. The first-order valence-electron chi connectivity index (χ1n) is 36.0. The van der Waals surface area contributed by atoms with Gasteiger partial charge in [0.1, 0.15) is 66.5 Å². The lowest BCUT2D eigenvalue weighted by molar-refractivity contribution is -0.145. The van der Waals surface area contributed by atoms with Gasteiger partial charge in [0, 0.05) is 67.8 Å². The number of guanidine groups is 1. The molecule has 614 valence electrons. The number of aliphatic imine (C=N–C) groups is 1. The van der Waals surface area contributed by atoms with E-state index >= 15 is 0 Å². The minimum Gasteiger partial charge on any atom is -0.481 e. The van der Waals surface area contributed by atoms with Gasteiger partial charge in [-0.2, -0.15) is 0 Å². The van der Waals surface area contributed by atoms with E-state index in [1.807, 2.05) is 0 Å². The van der Waals surface area contributed by atoms with E-state index in [9.17, 15) is 107 Å². The largest absolute Gasteiger partial charge is 0.481 e. The predicted octanol–water partition coefficient (Wildman–Crippen LogP) is -7.98. The Morgan fingerprint density at radius 1 is 0.586 bits per heavy atom. The number of carboxylic acid groups (broad SMARTS) is 3. The molecule has 0 unspecified atom stereocenters. The Labute approximate surface area is 636 Å². The van der Waals surface area contributed by atoms with Crippen molar-refractivity contribution >= 4 is 112 Å². The Morgan fingerprint density at radius 2 is 1.12 bits per heavy atom. The van der Waals surface area contributed by atoms with Crippen LogP contribution in [0.2, 0.25) is 0 Å². The lowest BCUT2D eigenvalue weighted by atomic mass is 9.96. The van der Waals surface area contributed by atoms with Crippen LogP contribution in [-0.4, -0.2) is 268 Å². The lowest BCUT2D eigenvalue weighted by Gasteiger charge is -2.31. The number of benzene rings is 1. The summed E-state index contributed by atoms with van der Waals surface area (Å²) in [6, 6.07) is -14.5. The summed E-state index contributed by atoms with van der Waals surface area (Å²) in [7, 11) is 0. The number of aromatic nitrogens is 3. The molecule has 1 aliphatic heterocycles. The Kier molecular flexibility index (Phi) is 37.7. The van der Waals surface area contributed by atoms with Crippen molar-refractivity contribution < 1.29 is 107 Å². The molecule has 0 spiro atoms. The predicted molar refractivity (Wildman–Crippen MR) is 392 cm³/mol. The molecule has 13 amide bonds. The maximum atomic E-state index is 14.9. The number of para-hydroxylation sites is 1. The van der Waals surface area contributed by atoms with E-state index in [1.165, 1.54) is 19.4 Å². The molecule has 0 aliphatic carbocycles. The zero-order chi connectivity index (χ0) is 82.9. The third-order valence-electron chi connectivity index (χ3n) is 18.1. The van der Waals surface area contributed by atoms with E-state index in [-0.39, 0.29) is 95.5 Å². The van der Waals surface area contributed by atoms with Crippen molar-refractivity contribution in [3.63, 3.8) is 0 Å². The third-order valence-corrected chi connectivity index (χ3v) is 18.1. The molecular weight excluding hydrogens is 1460 g/mol. The second-order valence-electron chi connectivity index (χ2n) is 26.9. The van der Waals surface area contributed by atoms with E-state index in [0.29, 0.717) is 16.5 Å². The Balaban J connectivity index is 1.56. The number of unbranched alkanes of at least 4 members (excludes halogenated alkanes) is 1. The number of carbonyl (C=O) groups is 16. The van der Waals surface area contributed by atoms with Crippen LogP contribution >= 0.6 is 0 Å². The van der Waals surface area contributed by atoms with Crippen LogP contribution in [0.3, 0.4) is 0 Å². The van der Waals surface area contributed by atoms with Crippen LogP contribution < -0.4 is 87.2 Å². The van der Waals surface area contributed by atoms with Crippen molar-refractivity contribution in [1.29, 1.82) is 0 Å². The normalized spacial score (nSPS) is 16.6. The van der Waals surface area contributed by atoms with Crippen LogP contribution in [-0.2, 0) is 89.6 Å². The summed E-state index contributed by atoms with van der Waals surface area (Å²) in [6.45, 7) is 5.60. The number of imidazole rings is 1. The topological polar surface area (TPSA) is 717 Å². The van der Waals surface area contributed by atoms with Crippen molar-refractivity contribution in [2.24, 2.45) is 39.6 Å². The molecule has 3 aromatic rings. The molecule has 0 radical (unpaired) electrons. The van der Waals surface area contributed by atoms with Crippen LogP contribution in [0.4, 0.5) is 0 Å². The van der Waals surface area contributed by atoms with E-state index in [2.05, 4.69) is 78.4 Å². The van der Waals surface area contributed by atoms with Gasteiger partial charge in [0.2, 0.25) is 76.8 Å². The smallest absolute Gasteiger partial charge is 0.328 e. The number of primary amides is 1. The van der Waals surface area contributed by atoms with Crippen molar-refractivity contribution in [2.75, 3.05) is 26.2 Å². The van der Waals surface area contributed by atoms with Gasteiger partial charge >= 0.3 is 17.9 Å². The first kappa shape index (κ1) is 91.9. The van der Waals surface area contributed by atoms with Crippen LogP contribution in [0, 0.1) is 5.92 Å². The molecule has 43 heteroatoms. The molecule has 1 aliphatic rings. The van der Waals surface area contributed by atoms with Gasteiger partial charge in [0.05, 0.1) is 37.6 Å². The van der Waals surface area contributed by atoms with Crippen molar-refractivity contribution in [1.82, 2.24) is 78.3 Å². The molecule has 43 nitrogen and oxygen atoms in total. The van der Waals surface area contributed by atoms with E-state index in [1.54, 1.807) is 44.3 Å². The highest BCUT2D eigenvalue weighted by atomic mass is 16.4. The van der Waals surface area contributed by atoms with Crippen LogP contribution in [0.15, 0.2) is 48.0 Å². The highest BCUT2D eigenvalue weighted by Gasteiger charge is 2.42. The van der Waals surface area contributed by atoms with Crippen LogP contribution in [0.1, 0.15) is 129 Å². The molecule has 0 saturated carbocycles. The standard InChI is InChI=1S/C68H105N21O22/c1-6-32(2)52(86-65(108)53(34(4)91)87-56(99)39(70)14-11-23-75-68(72)73)64(107)84-44(25-36-28-76-40-15-8-7-13-38(36)40)59(102)81-43(19-21-51(96)97)66(109)89-24-12-17-48(89)63(106)80-41(16-9-10-22-69)58(101)79-42(18-20-50(94)95)57(100)78-33(3)55(98)85-47(30-90)62(105)83-46(27-49(71)93)60(103)82-45(26-37-29-74-31-77-37)61(104)88-54(35(5)92)67(110)111/h7-8,13,15,28-29,31-35,39,41-48,52-54,76,90-92H,6,9-12,14,16-27,30,69-70H2,1-5H3,(H2,71,93)(H,74,77)(H,78,100)(H,79,101)(H,80,106)(H,81,102)(H,82,103)(H,83,105)(H,84,107)(H,85,98)(H,86,108)(H,87,99)(H,88,104)(H,94,95)(H,96,97)(H,110,111)(H4,72,73,75)/t32-,33-,34+,35+,39-,41-,42-,43-,44-,45-,46-,47-,48-,52-,53-,54-/m0/s1. The summed E-state index contributed by atoms with van der Waals surface area (Å²) in [6.07, 6.45) is -2.39. The third kappa shape index (κ3) is 29.8. The van der Waals surface area contributed by atoms with Gasteiger partial charge in [-0.25, -0.2) is 9.78 Å². The van der Waals surface area contributed by atoms with E-state index < -0.39 is 230 Å². The van der Waals surface area contributed by atoms with Gasteiger partial charge < -0.3 is 133 Å². The van der Waals surface area contributed by atoms with Gasteiger partial charge in [-0.1, -0.05) is 38.5 Å². The van der Waals surface area contributed by atoms with Gasteiger partial charge in [-0.05, 0) is 103 Å². The zero-order valence-corrected chi connectivity index (χ0v) is 62.2. The minimum absolute atomic E-state index is 0.0486. The van der Waals surface area contributed by atoms with Crippen molar-refractivity contribution in [3.8, 4) is 0 Å². The number of fused-ring (bicyclic) bond motifs is 1. The molecule has 1 saturated heterocycles. The minimum atomic E-state index is -1.96. The fraction of sp³-hybridized carbons (Fsp3) is 0.588. The molecule has 1 aromatic carbocycles. The number of rotatable bonds is 49. The van der Waals surface area contributed by atoms with Crippen LogP contribution in [0.25, 0.3) is 10.9 Å². The zero-order valence-electron chi connectivity index (χ0n) is 62.2. The van der Waals surface area contributed by atoms with Crippen molar-refractivity contribution in [3.05, 3.63) is 54.2 Å². The Hall–Kier alpha value is -11.4. The number of aromatic amines is 2. The number of aliphatic carboxylic acids is 3. The number of aliphatic hydroxyl groups excluding tert-OH is 3. The van der Waals surface area contributed by atoms with Crippen LogP contribution in [0.5, 0.6) is 0 Å². The number of nitrogens with two attached hydrogens (primary N) is 5. The quantitative estimate of drug-likeness (QED) is 0.0142. The van der Waals surface area contributed by atoms with E-state index in [4.69, 9.17) is 28.7 Å². The van der Waals surface area contributed by atoms with Gasteiger partial charge in [-0.15, -0.1) is 0 Å². The fourth-order valence-corrected chi connectivity index (χ4v) is 11.7. The summed E-state index contributed by atoms with van der Waals surface area (Å²) >= 11 is 0. The monoisotopic (exact) mass is 1570 g/mol. The average Bonchev–Trinajstić information content (AvgIpc) is 1.72. The number of carbonyl (C=O) groups excluding carboxylic acids is 13. The number of likely N-dealkylation sites (tertiary alicyclic amines) is 1. The van der Waals surface area contributed by atoms with Gasteiger partial charge in [0.15, 0.2) is 12.0 Å². The first-order chi connectivity index (χ1) is 52.4. The highest BCUT2D eigenvalue weighted by molar-refractivity contribution is 6.01. The first-order valence-corrected chi connectivity index (χ1v) is 36.0. The van der Waals surface area contributed by atoms with Gasteiger partial charge in [-0.3, -0.25) is 76.9 Å². The molecule has 111 heavy (non-hydrogen) atoms. The van der Waals surface area contributed by atoms with Gasteiger partial charge in [0.25, 0.3) is 0 Å². The number of nitrogens with one attached hydrogen (secondary N) is 13. The van der Waals surface area contributed by atoms with E-state index in [0.717, 1.165) is 18.7 Å². The summed E-state index contributed by atoms with van der Waals surface area (Å²) in [4.78, 5) is 232. The number of hydrogen-bond acceptors (Lipinski definition) is 23. The van der Waals surface area contributed by atoms with Crippen molar-refractivity contribution in [2.45, 2.75) is 222 Å². The maximum absolute atomic E-state index is 14.9. The number of H-pyrrole nitrogens is 2. The number of aliphatic hydroxyl groups is 3. The number of nitrogens with zero attached hydrogens (tertiary/aromatic N) is 3. The molecule has 2 aromatic heterocycles. The SMILES string of the molecule is CC[C@H](C)[C@H](NC(=O)[C@@H](NC(=O)[C@@H](N)CCCN=C(N)N)[C@@H](C)O)C(=O)N[C@@H](Cc1c[nH]c2ccccc12)C(=O)N[C@@H](CCC(=O)O)C(=O)N1CCC[C@H]1C(=O)N[C@@H](CCCCN)C(=O)N[C@@H](CCC(=O)O)C(=O)N[C@@H](C)C(=O)N[C@@H](CO)C(=O)N[C@@H](CC(N)=O)C(=O)N[C@@H](Cc1cnc[nH]1)C(=O)N[C@H](C(=O)O)[C@@H](C)O. The summed E-state index contributed by atoms with van der Waals surface area (Å²) in [5.41, 5.74) is 29.3. The summed E-state index contributed by atoms with van der Waals surface area (Å²) in [5, 5.41) is 87.0. The number of hydrogen-bond donors (Lipinski definition) is 24. The summed E-state index contributed by atoms with van der Waals surface area (Å²) < 4.78 is 0. The lowest BCUT2D eigenvalue weighted by Crippen LogP contribution is -2.62. The molecule has 3 heterocycles. The maximum Gasteiger partial charge on any atom is 0.328 e. The number of carboxylic acids is 3. The Bertz CT molecular complexity index is 3760. The molecular formula is C68H105N21O22. The second-order valence-corrected chi connectivity index (χ2v) is 26.9. The molecule has 1 fully saturated rings. The summed E-state index contributed by atoms with van der Waals surface area (Å²) in [5.74, 6) is -19.4. The molecule has 29 N–H and O–H groups in total. The average molecular weight is 1570 g/mol. The second kappa shape index (κ2) is 45.5. The Morgan fingerprint density at radius 3 is 1.71 bits per heavy atom.